The highest BCUT2D eigenvalue weighted by Gasteiger charge is 2.21. The number of aromatic nitrogens is 1. The zero-order valence-electron chi connectivity index (χ0n) is 9.13. The van der Waals surface area contributed by atoms with E-state index < -0.39 is 6.93 Å². The predicted octanol–water partition coefficient (Wildman–Crippen LogP) is 5.10. The fourth-order valence-corrected chi connectivity index (χ4v) is 3.21. The molecule has 2 aromatic rings. The summed E-state index contributed by atoms with van der Waals surface area (Å²) in [7, 11) is 0. The van der Waals surface area contributed by atoms with Crippen molar-refractivity contribution in [3.8, 4) is 0 Å². The minimum Gasteiger partial charge on any atom is -0.225 e. The van der Waals surface area contributed by atoms with Gasteiger partial charge in [0.2, 0.25) is 6.93 Å². The number of thiophene rings is 1. The molecule has 0 spiro atoms. The summed E-state index contributed by atoms with van der Waals surface area (Å²) in [6.07, 6.45) is 4.08. The van der Waals surface area contributed by atoms with E-state index in [0.717, 1.165) is 10.7 Å². The molecule has 3 rings (SSSR count). The Morgan fingerprint density at radius 2 is 2.06 bits per heavy atom. The Kier molecular flexibility index (Phi) is 4.29. The largest absolute Gasteiger partial charge is 0.229 e. The van der Waals surface area contributed by atoms with Gasteiger partial charge in [0.15, 0.2) is 0 Å². The van der Waals surface area contributed by atoms with Crippen LogP contribution in [0.2, 0.25) is 5.15 Å². The van der Waals surface area contributed by atoms with E-state index >= 15 is 0 Å². The van der Waals surface area contributed by atoms with E-state index in [0.29, 0.717) is 5.15 Å². The van der Waals surface area contributed by atoms with Crippen LogP contribution >= 0.6 is 22.9 Å². The fraction of sp³-hybridized carbons (Fsp3) is 0.417. The van der Waals surface area contributed by atoms with Gasteiger partial charge in [0.05, 0.1) is 0 Å². The van der Waals surface area contributed by atoms with Gasteiger partial charge in [-0.2, -0.15) is 0 Å². The molecule has 2 heterocycles. The molecule has 0 atom stereocenters. The number of halogens is 3. The molecule has 2 aromatic heterocycles. The van der Waals surface area contributed by atoms with Crippen LogP contribution < -0.4 is 0 Å². The summed E-state index contributed by atoms with van der Waals surface area (Å²) in [6.45, 7) is -1.75. The lowest BCUT2D eigenvalue weighted by Gasteiger charge is -2.23. The van der Waals surface area contributed by atoms with E-state index in [2.05, 4.69) is 17.1 Å². The predicted molar refractivity (Wildman–Crippen MR) is 68.3 cm³/mol. The van der Waals surface area contributed by atoms with Crippen LogP contribution in [-0.2, 0) is 0 Å². The highest BCUT2D eigenvalue weighted by molar-refractivity contribution is 7.18. The molecule has 0 amide bonds. The van der Waals surface area contributed by atoms with Crippen LogP contribution in [0.4, 0.5) is 8.78 Å². The molecule has 0 unspecified atom stereocenters. The fourth-order valence-electron chi connectivity index (χ4n) is 1.81. The molecule has 5 heteroatoms. The van der Waals surface area contributed by atoms with Crippen molar-refractivity contribution in [2.75, 3.05) is 6.93 Å². The van der Waals surface area contributed by atoms with E-state index in [1.807, 2.05) is 6.07 Å². The van der Waals surface area contributed by atoms with Crippen LogP contribution in [0.5, 0.6) is 0 Å². The summed E-state index contributed by atoms with van der Waals surface area (Å²) in [5, 5.41) is 1.83. The summed E-state index contributed by atoms with van der Waals surface area (Å²) in [5.41, 5.74) is 0. The zero-order valence-corrected chi connectivity index (χ0v) is 10.7. The van der Waals surface area contributed by atoms with Gasteiger partial charge >= 0.3 is 0 Å². The molecule has 1 fully saturated rings. The van der Waals surface area contributed by atoms with Crippen LogP contribution in [0.1, 0.15) is 30.1 Å². The summed E-state index contributed by atoms with van der Waals surface area (Å²) in [6, 6.07) is 6.19. The van der Waals surface area contributed by atoms with Gasteiger partial charge in [0, 0.05) is 10.3 Å². The van der Waals surface area contributed by atoms with Crippen LogP contribution in [0.3, 0.4) is 0 Å². The van der Waals surface area contributed by atoms with Crippen molar-refractivity contribution >= 4 is 33.2 Å². The second-order valence-electron chi connectivity index (χ2n) is 3.91. The van der Waals surface area contributed by atoms with Gasteiger partial charge < -0.3 is 0 Å². The number of hydrogen-bond donors (Lipinski definition) is 0. The van der Waals surface area contributed by atoms with Gasteiger partial charge in [-0.3, -0.25) is 0 Å². The lowest BCUT2D eigenvalue weighted by Crippen LogP contribution is -2.06. The minimum absolute atomic E-state index is 0.597. The van der Waals surface area contributed by atoms with E-state index in [1.54, 1.807) is 11.3 Å². The summed E-state index contributed by atoms with van der Waals surface area (Å²) in [4.78, 5) is 6.89. The van der Waals surface area contributed by atoms with Crippen molar-refractivity contribution in [3.05, 3.63) is 28.2 Å². The molecule has 92 valence electrons. The average molecular weight is 276 g/mol. The van der Waals surface area contributed by atoms with Crippen LogP contribution in [0.25, 0.3) is 10.2 Å². The molecule has 0 aliphatic heterocycles. The molecule has 0 N–H and O–H groups in total. The molecule has 1 saturated carbocycles. The molecule has 1 aliphatic carbocycles. The van der Waals surface area contributed by atoms with Crippen LogP contribution in [0.15, 0.2) is 18.2 Å². The van der Waals surface area contributed by atoms with E-state index in [1.165, 1.54) is 29.5 Å². The molecule has 1 aliphatic rings. The maximum Gasteiger partial charge on any atom is 0.229 e. The first-order valence-corrected chi connectivity index (χ1v) is 6.62. The summed E-state index contributed by atoms with van der Waals surface area (Å²) in [5.74, 6) is 0.799. The normalized spacial score (nSPS) is 15.2. The number of fused-ring (bicyclic) bond motifs is 1. The van der Waals surface area contributed by atoms with Gasteiger partial charge in [0.25, 0.3) is 0 Å². The third kappa shape index (κ3) is 2.93. The topological polar surface area (TPSA) is 12.9 Å². The average Bonchev–Trinajstić information content (AvgIpc) is 2.58. The minimum atomic E-state index is -1.75. The van der Waals surface area contributed by atoms with Gasteiger partial charge in [0.1, 0.15) is 9.98 Å². The van der Waals surface area contributed by atoms with Gasteiger partial charge in [-0.15, -0.1) is 11.3 Å². The first-order valence-electron chi connectivity index (χ1n) is 5.42. The molecule has 17 heavy (non-hydrogen) atoms. The Bertz CT molecular complexity index is 496. The van der Waals surface area contributed by atoms with Crippen molar-refractivity contribution in [2.24, 2.45) is 0 Å². The number of alkyl halides is 2. The maximum atomic E-state index is 9.62. The zero-order chi connectivity index (χ0) is 12.3. The maximum absolute atomic E-state index is 9.62. The van der Waals surface area contributed by atoms with Crippen LogP contribution in [0, 0.1) is 0 Å². The van der Waals surface area contributed by atoms with E-state index in [-0.39, 0.29) is 0 Å². The third-order valence-electron chi connectivity index (χ3n) is 2.88. The molecule has 0 saturated heterocycles. The lowest BCUT2D eigenvalue weighted by atomic mass is 9.84. The molecule has 0 bridgehead atoms. The number of hydrogen-bond acceptors (Lipinski definition) is 2. The summed E-state index contributed by atoms with van der Waals surface area (Å²) < 4.78 is 19.2. The van der Waals surface area contributed by atoms with Crippen molar-refractivity contribution in [3.63, 3.8) is 0 Å². The Labute approximate surface area is 107 Å². The molecule has 1 nitrogen and oxygen atoms in total. The number of pyridine rings is 1. The highest BCUT2D eigenvalue weighted by atomic mass is 35.5. The summed E-state index contributed by atoms with van der Waals surface area (Å²) >= 11 is 7.65. The standard InChI is InChI=1S/C11H10ClNS.CH2F2/c12-10-5-4-8-6-9(7-2-1-3-7)14-11(8)13-10;2-1-3/h4-7H,1-3H2;1H2. The first kappa shape index (κ1) is 12.7. The van der Waals surface area contributed by atoms with Crippen molar-refractivity contribution < 1.29 is 8.78 Å². The second kappa shape index (κ2) is 5.74. The Morgan fingerprint density at radius 3 is 2.65 bits per heavy atom. The SMILES string of the molecule is Clc1ccc2cc(C3CCC3)sc2n1.FCF. The van der Waals surface area contributed by atoms with Crippen LogP contribution in [-0.4, -0.2) is 11.9 Å². The third-order valence-corrected chi connectivity index (χ3v) is 4.29. The molecular weight excluding hydrogens is 264 g/mol. The Morgan fingerprint density at radius 1 is 1.35 bits per heavy atom. The Hall–Kier alpha value is -0.740. The molecule has 0 radical (unpaired) electrons. The molecule has 0 aromatic carbocycles. The van der Waals surface area contributed by atoms with Crippen molar-refractivity contribution in [1.82, 2.24) is 4.98 Å². The van der Waals surface area contributed by atoms with Gasteiger partial charge in [-0.25, -0.2) is 13.8 Å². The lowest BCUT2D eigenvalue weighted by molar-refractivity contribution is 0.295. The van der Waals surface area contributed by atoms with E-state index in [9.17, 15) is 8.78 Å². The smallest absolute Gasteiger partial charge is 0.225 e. The Balaban J connectivity index is 0.000000329. The number of nitrogens with zero attached hydrogens (tertiary/aromatic N) is 1. The highest BCUT2D eigenvalue weighted by Crippen LogP contribution is 2.41. The monoisotopic (exact) mass is 275 g/mol. The quantitative estimate of drug-likeness (QED) is 0.660. The van der Waals surface area contributed by atoms with Crippen molar-refractivity contribution in [1.29, 1.82) is 0 Å². The van der Waals surface area contributed by atoms with Gasteiger partial charge in [-0.1, -0.05) is 18.0 Å². The van der Waals surface area contributed by atoms with E-state index in [4.69, 9.17) is 11.6 Å². The first-order chi connectivity index (χ1) is 8.24. The number of rotatable bonds is 1. The van der Waals surface area contributed by atoms with Gasteiger partial charge in [-0.05, 0) is 37.0 Å². The molecular formula is C12H12ClF2NS. The van der Waals surface area contributed by atoms with Crippen molar-refractivity contribution in [2.45, 2.75) is 25.2 Å². The second-order valence-corrected chi connectivity index (χ2v) is 5.36.